The number of rotatable bonds is 36. The molecular weight excluding hydrogens is 1540 g/mol. The van der Waals surface area contributed by atoms with E-state index in [0.29, 0.717) is 67.9 Å². The molecule has 68 heavy (non-hydrogen) atoms. The first-order chi connectivity index (χ1) is 30.8. The molecule has 0 N–H and O–H groups in total. The summed E-state index contributed by atoms with van der Waals surface area (Å²) in [6.07, 6.45) is 0. The molecule has 0 heterocycles. The molecule has 0 spiro atoms. The normalized spacial score (nSPS) is 12.4. The van der Waals surface area contributed by atoms with Crippen molar-refractivity contribution in [2.24, 2.45) is 0 Å². The van der Waals surface area contributed by atoms with Gasteiger partial charge in [-0.25, -0.2) is 48.4 Å². The monoisotopic (exact) mass is 1640 g/mol. The van der Waals surface area contributed by atoms with Crippen molar-refractivity contribution >= 4 is 68.8 Å². The van der Waals surface area contributed by atoms with Crippen LogP contribution in [0.15, 0.2) is 0 Å². The Hall–Kier alpha value is 5.93. The van der Waals surface area contributed by atoms with Crippen LogP contribution in [0.25, 0.3) is 30.5 Å². The minimum Gasteiger partial charge on any atom is 3.00 e. The minimum atomic E-state index is -0.232. The molecule has 0 aromatic carbocycles. The standard InChI is InChI=1S/2C24H54N4P3.2ClH.2Ni.2U/c2*1-19(2)29(20(3)4)25-13-16-28(17-14-26-30(21(5)6)22(7)8)18-15-27-31(23(9)10)24(11)12;;;;;;/h2*19-24H,13-18H2,1-12H3;2*1H;;;;/q2*-3;;;2*+1;2*+3/p-2. The summed E-state index contributed by atoms with van der Waals surface area (Å²) in [5.74, 6) is 0. The molecule has 0 aliphatic carbocycles. The van der Waals surface area contributed by atoms with Crippen LogP contribution in [0.2, 0.25) is 0 Å². The number of hydrogen-bond donors (Lipinski definition) is 0. The van der Waals surface area contributed by atoms with Gasteiger partial charge in [-0.05, 0) is 107 Å². The third kappa shape index (κ3) is 44.7. The van der Waals surface area contributed by atoms with Crippen LogP contribution >= 0.6 is 68.8 Å². The van der Waals surface area contributed by atoms with Crippen molar-refractivity contribution in [3.8, 4) is 0 Å². The molecule has 0 amide bonds. The van der Waals surface area contributed by atoms with Gasteiger partial charge in [-0.15, -0.1) is 39.3 Å². The molecular formula is C48H108Cl2N8Ni2P6U2. The van der Waals surface area contributed by atoms with Gasteiger partial charge >= 0.3 is 112 Å². The molecule has 2 radical (unpaired) electrons. The summed E-state index contributed by atoms with van der Waals surface area (Å²) in [6, 6.07) is 0. The maximum absolute atomic E-state index is 5.13. The van der Waals surface area contributed by atoms with Crippen molar-refractivity contribution in [3.05, 3.63) is 30.5 Å². The van der Waals surface area contributed by atoms with E-state index in [9.17, 15) is 0 Å². The fourth-order valence-corrected chi connectivity index (χ4v) is 21.0. The van der Waals surface area contributed by atoms with E-state index in [1.165, 1.54) is 0 Å². The minimum absolute atomic E-state index is 0. The Kier molecular flexibility index (Phi) is 67.1. The molecule has 0 aromatic heterocycles. The van der Waals surface area contributed by atoms with Crippen LogP contribution in [0.3, 0.4) is 0 Å². The summed E-state index contributed by atoms with van der Waals surface area (Å²) < 4.78 is 0. The van der Waals surface area contributed by atoms with Crippen LogP contribution < -0.4 is 0 Å². The molecule has 0 saturated heterocycles. The molecule has 0 fully saturated rings. The van der Waals surface area contributed by atoms with Gasteiger partial charge in [-0.1, -0.05) is 166 Å². The van der Waals surface area contributed by atoms with Crippen LogP contribution in [0.1, 0.15) is 166 Å². The van der Waals surface area contributed by atoms with E-state index in [1.807, 2.05) is 0 Å². The first kappa shape index (κ1) is 85.2. The summed E-state index contributed by atoms with van der Waals surface area (Å²) in [7, 11) is 7.13. The Balaban J connectivity index is -0.000000256. The van der Waals surface area contributed by atoms with Crippen molar-refractivity contribution in [2.45, 2.75) is 234 Å². The molecule has 0 rings (SSSR count). The second kappa shape index (κ2) is 53.6. The Morgan fingerprint density at radius 2 is 0.338 bits per heavy atom. The van der Waals surface area contributed by atoms with Gasteiger partial charge in [0, 0.05) is 0 Å². The van der Waals surface area contributed by atoms with E-state index in [4.69, 9.17) is 30.5 Å². The fourth-order valence-electron chi connectivity index (χ4n) is 8.02. The average Bonchev–Trinajstić information content (AvgIpc) is 3.20. The van der Waals surface area contributed by atoms with Crippen molar-refractivity contribution in [1.29, 1.82) is 0 Å². The van der Waals surface area contributed by atoms with E-state index < -0.39 is 0 Å². The molecule has 0 unspecified atom stereocenters. The zero-order valence-corrected chi connectivity index (χ0v) is 65.2. The number of hydrogen-bond acceptors (Lipinski definition) is 2. The molecule has 0 aromatic rings. The summed E-state index contributed by atoms with van der Waals surface area (Å²) in [5.41, 5.74) is 8.11. The third-order valence-corrected chi connectivity index (χ3v) is 26.3. The fraction of sp³-hybridized carbons (Fsp3) is 1.00. The van der Waals surface area contributed by atoms with Gasteiger partial charge in [0.2, 0.25) is 0 Å². The summed E-state index contributed by atoms with van der Waals surface area (Å²) in [5, 5.41) is 30.8. The predicted octanol–water partition coefficient (Wildman–Crippen LogP) is 19.5. The molecule has 20 heteroatoms. The molecule has 8 nitrogen and oxygen atoms in total. The molecule has 0 aliphatic rings. The topological polar surface area (TPSA) is 91.1 Å². The average molecular weight is 1650 g/mol. The van der Waals surface area contributed by atoms with Gasteiger partial charge in [0.1, 0.15) is 0 Å². The molecule has 412 valence electrons. The summed E-state index contributed by atoms with van der Waals surface area (Å²) in [6.45, 7) is 67.8. The molecule has 0 aliphatic heterocycles. The first-order valence-electron chi connectivity index (χ1n) is 25.2. The van der Waals surface area contributed by atoms with E-state index >= 15 is 0 Å². The molecule has 0 saturated carbocycles. The van der Waals surface area contributed by atoms with Gasteiger partial charge in [0.15, 0.2) is 0 Å². The van der Waals surface area contributed by atoms with Crippen LogP contribution in [0.4, 0.5) is 0 Å². The van der Waals surface area contributed by atoms with Crippen LogP contribution in [0, 0.1) is 62.2 Å². The largest absolute Gasteiger partial charge is 3.00 e. The van der Waals surface area contributed by atoms with Crippen molar-refractivity contribution in [3.63, 3.8) is 0 Å². The van der Waals surface area contributed by atoms with Crippen molar-refractivity contribution in [2.75, 3.05) is 78.5 Å². The predicted molar refractivity (Wildman–Crippen MR) is 317 cm³/mol. The second-order valence-corrected chi connectivity index (χ2v) is 38.9. The molecule has 0 atom stereocenters. The van der Waals surface area contributed by atoms with E-state index in [1.54, 1.807) is 0 Å². The van der Waals surface area contributed by atoms with E-state index in [-0.39, 0.29) is 111 Å². The van der Waals surface area contributed by atoms with Gasteiger partial charge < -0.3 is 40.3 Å². The van der Waals surface area contributed by atoms with Crippen LogP contribution in [-0.2, 0) is 29.1 Å². The van der Waals surface area contributed by atoms with Gasteiger partial charge in [0.05, 0.1) is 0 Å². The summed E-state index contributed by atoms with van der Waals surface area (Å²) in [4.78, 5) is 5.15. The van der Waals surface area contributed by atoms with Crippen molar-refractivity contribution < 1.29 is 91.4 Å². The van der Waals surface area contributed by atoms with E-state index in [0.717, 1.165) is 78.5 Å². The third-order valence-electron chi connectivity index (χ3n) is 10.4. The van der Waals surface area contributed by atoms with Crippen LogP contribution in [-0.4, -0.2) is 156 Å². The Labute approximate surface area is 507 Å². The van der Waals surface area contributed by atoms with E-state index in [2.05, 4.69) is 226 Å². The van der Waals surface area contributed by atoms with Crippen LogP contribution in [0.5, 0.6) is 0 Å². The Morgan fingerprint density at radius 1 is 0.250 bits per heavy atom. The SMILES string of the molecule is CC(C)P([N-]CCN(CC[N-]P(C(C)C)C(C)C)CC[N-]P(C(C)C)C(C)C)C(C)C.CC(C)P([N-]CCN(CC[N-]P(C(C)C)C(C)C)CC[N-]P(C(C)C)C(C)C)C(C)C.[Cl][Ni].[Cl][Ni].[U+3].[U+3]. The molecule has 0 bridgehead atoms. The Bertz CT molecular complexity index is 807. The van der Waals surface area contributed by atoms with Gasteiger partial charge in [-0.2, -0.15) is 0 Å². The van der Waals surface area contributed by atoms with Gasteiger partial charge in [-0.3, -0.25) is 0 Å². The maximum Gasteiger partial charge on any atom is 3.00 e. The number of nitrogens with zero attached hydrogens (tertiary/aromatic N) is 8. The maximum atomic E-state index is 5.13. The van der Waals surface area contributed by atoms with Crippen molar-refractivity contribution in [1.82, 2.24) is 9.80 Å². The smallest absolute Gasteiger partial charge is 3.00 e. The second-order valence-electron chi connectivity index (χ2n) is 20.3. The quantitative estimate of drug-likeness (QED) is 0.0462. The zero-order valence-electron chi connectivity index (χ0n) is 48.1. The summed E-state index contributed by atoms with van der Waals surface area (Å²) >= 11 is 6.69. The number of halogens is 2. The zero-order chi connectivity index (χ0) is 52.3. The van der Waals surface area contributed by atoms with Gasteiger partial charge in [0.25, 0.3) is 0 Å². The Morgan fingerprint density at radius 3 is 0.412 bits per heavy atom. The first-order valence-corrected chi connectivity index (χ1v) is 36.5.